The Bertz CT molecular complexity index is 411. The molecule has 15 heavy (non-hydrogen) atoms. The Morgan fingerprint density at radius 1 is 1.07 bits per heavy atom. The van der Waals surface area contributed by atoms with Gasteiger partial charge in [-0.2, -0.15) is 0 Å². The molecular weight excluding hydrogens is 254 g/mol. The van der Waals surface area contributed by atoms with E-state index in [1.807, 2.05) is 30.3 Å². The predicted molar refractivity (Wildman–Crippen MR) is 63.4 cm³/mol. The molecule has 0 amide bonds. The van der Waals surface area contributed by atoms with Crippen molar-refractivity contribution in [3.8, 4) is 0 Å². The van der Waals surface area contributed by atoms with Crippen molar-refractivity contribution < 1.29 is 4.42 Å². The molecule has 0 saturated carbocycles. The topological polar surface area (TPSA) is 25.2 Å². The predicted octanol–water partition coefficient (Wildman–Crippen LogP) is 3.33. The summed E-state index contributed by atoms with van der Waals surface area (Å²) in [5.41, 5.74) is 1.25. The van der Waals surface area contributed by atoms with Crippen molar-refractivity contribution in [2.24, 2.45) is 0 Å². The second-order valence-corrected chi connectivity index (χ2v) is 4.13. The second-order valence-electron chi connectivity index (χ2n) is 3.27. The highest BCUT2D eigenvalue weighted by Crippen LogP contribution is 2.15. The van der Waals surface area contributed by atoms with Crippen LogP contribution in [-0.4, -0.2) is 0 Å². The van der Waals surface area contributed by atoms with E-state index in [1.165, 1.54) is 5.56 Å². The lowest BCUT2D eigenvalue weighted by atomic mass is 10.2. The molecule has 0 aliphatic rings. The zero-order valence-electron chi connectivity index (χ0n) is 8.24. The van der Waals surface area contributed by atoms with Gasteiger partial charge in [0, 0.05) is 11.0 Å². The highest BCUT2D eigenvalue weighted by atomic mass is 79.9. The van der Waals surface area contributed by atoms with Crippen LogP contribution in [0.2, 0.25) is 0 Å². The molecule has 0 aliphatic carbocycles. The number of halogens is 1. The van der Waals surface area contributed by atoms with Gasteiger partial charge < -0.3 is 9.73 Å². The molecule has 0 bridgehead atoms. The van der Waals surface area contributed by atoms with Crippen molar-refractivity contribution >= 4 is 15.9 Å². The lowest BCUT2D eigenvalue weighted by molar-refractivity contribution is 0.483. The highest BCUT2D eigenvalue weighted by molar-refractivity contribution is 9.10. The Morgan fingerprint density at radius 2 is 1.93 bits per heavy atom. The zero-order chi connectivity index (χ0) is 10.5. The number of hydrogen-bond donors (Lipinski definition) is 1. The molecule has 3 heteroatoms. The molecule has 2 nitrogen and oxygen atoms in total. The van der Waals surface area contributed by atoms with Crippen LogP contribution in [0, 0.1) is 0 Å². The third-order valence-corrected chi connectivity index (χ3v) is 2.93. The minimum atomic E-state index is 0.758. The molecule has 1 heterocycles. The molecular formula is C12H12BrNO. The Labute approximate surface area is 97.4 Å². The van der Waals surface area contributed by atoms with Crippen LogP contribution in [-0.2, 0) is 13.1 Å². The van der Waals surface area contributed by atoms with Crippen molar-refractivity contribution in [1.29, 1.82) is 0 Å². The van der Waals surface area contributed by atoms with E-state index in [1.54, 1.807) is 6.26 Å². The van der Waals surface area contributed by atoms with Crippen LogP contribution in [0.3, 0.4) is 0 Å². The summed E-state index contributed by atoms with van der Waals surface area (Å²) in [4.78, 5) is 0. The van der Waals surface area contributed by atoms with Gasteiger partial charge in [-0.3, -0.25) is 0 Å². The number of benzene rings is 1. The van der Waals surface area contributed by atoms with Gasteiger partial charge in [-0.15, -0.1) is 0 Å². The Kier molecular flexibility index (Phi) is 3.59. The van der Waals surface area contributed by atoms with Crippen LogP contribution in [0.4, 0.5) is 0 Å². The minimum absolute atomic E-state index is 0.758. The van der Waals surface area contributed by atoms with Crippen LogP contribution < -0.4 is 5.32 Å². The monoisotopic (exact) mass is 265 g/mol. The minimum Gasteiger partial charge on any atom is -0.468 e. The molecule has 2 aromatic rings. The molecule has 0 radical (unpaired) electrons. The van der Waals surface area contributed by atoms with E-state index in [2.05, 4.69) is 27.3 Å². The Hall–Kier alpha value is -1.06. The lowest BCUT2D eigenvalue weighted by Crippen LogP contribution is -2.12. The van der Waals surface area contributed by atoms with Gasteiger partial charge in [-0.05, 0) is 23.8 Å². The first-order chi connectivity index (χ1) is 7.36. The molecule has 1 aromatic carbocycles. The van der Waals surface area contributed by atoms with Crippen molar-refractivity contribution in [1.82, 2.24) is 5.32 Å². The molecule has 0 spiro atoms. The van der Waals surface area contributed by atoms with E-state index in [9.17, 15) is 0 Å². The normalized spacial score (nSPS) is 10.5. The maximum Gasteiger partial charge on any atom is 0.117 e. The average Bonchev–Trinajstić information content (AvgIpc) is 2.74. The van der Waals surface area contributed by atoms with Gasteiger partial charge in [-0.25, -0.2) is 0 Å². The van der Waals surface area contributed by atoms with Crippen molar-refractivity contribution in [2.45, 2.75) is 13.1 Å². The summed E-state index contributed by atoms with van der Waals surface area (Å²) >= 11 is 3.51. The number of furan rings is 1. The summed E-state index contributed by atoms with van der Waals surface area (Å²) in [6, 6.07) is 12.1. The fraction of sp³-hybridized carbons (Fsp3) is 0.167. The van der Waals surface area contributed by atoms with E-state index in [4.69, 9.17) is 4.42 Å². The van der Waals surface area contributed by atoms with Crippen LogP contribution in [0.1, 0.15) is 11.3 Å². The SMILES string of the molecule is Brc1ccccc1CNCc1ccco1. The van der Waals surface area contributed by atoms with Gasteiger partial charge in [0.15, 0.2) is 0 Å². The maximum atomic E-state index is 5.23. The lowest BCUT2D eigenvalue weighted by Gasteiger charge is -2.04. The smallest absolute Gasteiger partial charge is 0.117 e. The van der Waals surface area contributed by atoms with Gasteiger partial charge in [0.05, 0.1) is 12.8 Å². The van der Waals surface area contributed by atoms with Gasteiger partial charge in [0.1, 0.15) is 5.76 Å². The third-order valence-electron chi connectivity index (χ3n) is 2.15. The van der Waals surface area contributed by atoms with Crippen molar-refractivity contribution in [2.75, 3.05) is 0 Å². The molecule has 1 aromatic heterocycles. The van der Waals surface area contributed by atoms with E-state index in [-0.39, 0.29) is 0 Å². The van der Waals surface area contributed by atoms with Crippen molar-refractivity contribution in [3.63, 3.8) is 0 Å². The van der Waals surface area contributed by atoms with Crippen LogP contribution in [0.5, 0.6) is 0 Å². The first kappa shape index (κ1) is 10.5. The molecule has 0 atom stereocenters. The molecule has 78 valence electrons. The quantitative estimate of drug-likeness (QED) is 0.918. The van der Waals surface area contributed by atoms with E-state index < -0.39 is 0 Å². The van der Waals surface area contributed by atoms with E-state index in [0.29, 0.717) is 0 Å². The molecule has 0 aliphatic heterocycles. The number of nitrogens with one attached hydrogen (secondary N) is 1. The molecule has 2 rings (SSSR count). The molecule has 0 fully saturated rings. The number of hydrogen-bond acceptors (Lipinski definition) is 2. The fourth-order valence-corrected chi connectivity index (χ4v) is 1.80. The summed E-state index contributed by atoms with van der Waals surface area (Å²) in [5, 5.41) is 3.32. The van der Waals surface area contributed by atoms with Crippen LogP contribution >= 0.6 is 15.9 Å². The Balaban J connectivity index is 1.86. The average molecular weight is 266 g/mol. The van der Waals surface area contributed by atoms with Gasteiger partial charge in [-0.1, -0.05) is 34.1 Å². The van der Waals surface area contributed by atoms with Crippen LogP contribution in [0.25, 0.3) is 0 Å². The van der Waals surface area contributed by atoms with Gasteiger partial charge >= 0.3 is 0 Å². The van der Waals surface area contributed by atoms with Gasteiger partial charge in [0.2, 0.25) is 0 Å². The van der Waals surface area contributed by atoms with Crippen LogP contribution in [0.15, 0.2) is 51.6 Å². The van der Waals surface area contributed by atoms with E-state index in [0.717, 1.165) is 23.3 Å². The van der Waals surface area contributed by atoms with Crippen molar-refractivity contribution in [3.05, 3.63) is 58.5 Å². The first-order valence-corrected chi connectivity index (χ1v) is 5.62. The first-order valence-electron chi connectivity index (χ1n) is 4.83. The maximum absolute atomic E-state index is 5.23. The number of rotatable bonds is 4. The standard InChI is InChI=1S/C12H12BrNO/c13-12-6-2-1-4-10(12)8-14-9-11-5-3-7-15-11/h1-7,14H,8-9H2. The molecule has 0 saturated heterocycles. The summed E-state index contributed by atoms with van der Waals surface area (Å²) in [6.45, 7) is 1.59. The Morgan fingerprint density at radius 3 is 2.67 bits per heavy atom. The molecule has 1 N–H and O–H groups in total. The third kappa shape index (κ3) is 2.94. The molecule has 0 unspecified atom stereocenters. The summed E-state index contributed by atoms with van der Waals surface area (Å²) < 4.78 is 6.36. The summed E-state index contributed by atoms with van der Waals surface area (Å²) in [7, 11) is 0. The van der Waals surface area contributed by atoms with E-state index >= 15 is 0 Å². The highest BCUT2D eigenvalue weighted by Gasteiger charge is 1.98. The summed E-state index contributed by atoms with van der Waals surface area (Å²) in [5.74, 6) is 0.960. The fourth-order valence-electron chi connectivity index (χ4n) is 1.38. The zero-order valence-corrected chi connectivity index (χ0v) is 9.83. The second kappa shape index (κ2) is 5.14. The summed E-state index contributed by atoms with van der Waals surface area (Å²) in [6.07, 6.45) is 1.69. The van der Waals surface area contributed by atoms with Gasteiger partial charge in [0.25, 0.3) is 0 Å². The largest absolute Gasteiger partial charge is 0.468 e.